The van der Waals surface area contributed by atoms with Gasteiger partial charge < -0.3 is 4.74 Å². The fourth-order valence-electron chi connectivity index (χ4n) is 1.08. The Morgan fingerprint density at radius 1 is 1.22 bits per heavy atom. The van der Waals surface area contributed by atoms with Gasteiger partial charge in [0.05, 0.1) is 5.69 Å². The molecule has 0 aliphatic heterocycles. The van der Waals surface area contributed by atoms with E-state index in [1.807, 2.05) is 0 Å². The minimum atomic E-state index is -5.22. The number of halogens is 8. The maximum atomic E-state index is 12.6. The van der Waals surface area contributed by atoms with Gasteiger partial charge in [-0.15, -0.1) is 13.2 Å². The van der Waals surface area contributed by atoms with E-state index in [0.29, 0.717) is 6.07 Å². The van der Waals surface area contributed by atoms with Gasteiger partial charge in [-0.05, 0) is 28.7 Å². The molecule has 1 aromatic heterocycles. The number of ether oxygens (including phenoxy) is 1. The largest absolute Gasteiger partial charge is 0.573 e. The molecule has 0 unspecified atom stereocenters. The average Bonchev–Trinajstić information content (AvgIpc) is 2.16. The lowest BCUT2D eigenvalue weighted by atomic mass is 10.2. The van der Waals surface area contributed by atoms with Crippen molar-refractivity contribution in [1.29, 1.82) is 0 Å². The predicted octanol–water partition coefficient (Wildman–Crippen LogP) is 4.50. The molecule has 2 nitrogen and oxygen atoms in total. The van der Waals surface area contributed by atoms with Crippen molar-refractivity contribution in [1.82, 2.24) is 4.98 Å². The molecule has 0 atom stereocenters. The number of aromatic nitrogens is 1. The Morgan fingerprint density at radius 2 is 1.78 bits per heavy atom. The Balaban J connectivity index is 3.43. The molecule has 18 heavy (non-hydrogen) atoms. The van der Waals surface area contributed by atoms with E-state index in [9.17, 15) is 26.3 Å². The molecule has 1 aromatic rings. The molecule has 0 fully saturated rings. The van der Waals surface area contributed by atoms with Crippen molar-refractivity contribution in [3.05, 3.63) is 21.0 Å². The van der Waals surface area contributed by atoms with Crippen LogP contribution in [0, 0.1) is 3.70 Å². The van der Waals surface area contributed by atoms with Crippen LogP contribution in [0.25, 0.3) is 0 Å². The highest BCUT2D eigenvalue weighted by atomic mass is 127. The van der Waals surface area contributed by atoms with Crippen LogP contribution in [-0.2, 0) is 11.5 Å². The first-order valence-electron chi connectivity index (χ1n) is 4.13. The topological polar surface area (TPSA) is 22.1 Å². The Kier molecular flexibility index (Phi) is 4.73. The van der Waals surface area contributed by atoms with Crippen molar-refractivity contribution < 1.29 is 31.1 Å². The first-order chi connectivity index (χ1) is 8.04. The molecule has 0 radical (unpaired) electrons. The Bertz CT molecular complexity index is 446. The predicted molar refractivity (Wildman–Crippen MR) is 61.3 cm³/mol. The van der Waals surface area contributed by atoms with Crippen LogP contribution in [0.3, 0.4) is 0 Å². The molecule has 0 bridgehead atoms. The summed E-state index contributed by atoms with van der Waals surface area (Å²) < 4.78 is 77.5. The van der Waals surface area contributed by atoms with Gasteiger partial charge in [-0.1, -0.05) is 15.9 Å². The number of nitrogens with zero attached hydrogens (tertiary/aromatic N) is 1. The van der Waals surface area contributed by atoms with E-state index in [1.165, 1.54) is 22.6 Å². The molecule has 102 valence electrons. The van der Waals surface area contributed by atoms with Crippen molar-refractivity contribution in [3.8, 4) is 5.75 Å². The van der Waals surface area contributed by atoms with E-state index < -0.39 is 29.5 Å². The molecule has 0 amide bonds. The van der Waals surface area contributed by atoms with Gasteiger partial charge in [-0.2, -0.15) is 13.2 Å². The van der Waals surface area contributed by atoms with Crippen LogP contribution in [-0.4, -0.2) is 11.3 Å². The van der Waals surface area contributed by atoms with Crippen molar-refractivity contribution in [2.75, 3.05) is 0 Å². The number of hydrogen-bond donors (Lipinski definition) is 0. The molecule has 10 heteroatoms. The third-order valence-corrected chi connectivity index (χ3v) is 2.75. The minimum Gasteiger partial charge on any atom is -0.403 e. The fourth-order valence-corrected chi connectivity index (χ4v) is 2.07. The third kappa shape index (κ3) is 4.14. The highest BCUT2D eigenvalue weighted by Crippen LogP contribution is 2.41. The number of rotatable bonds is 2. The molecular weight excluding hydrogens is 447 g/mol. The van der Waals surface area contributed by atoms with Crippen LogP contribution in [0.4, 0.5) is 26.3 Å². The second-order valence-corrected chi connectivity index (χ2v) is 4.61. The molecule has 1 rings (SSSR count). The summed E-state index contributed by atoms with van der Waals surface area (Å²) in [7, 11) is 0. The lowest BCUT2D eigenvalue weighted by Crippen LogP contribution is -2.22. The molecule has 0 saturated carbocycles. The minimum absolute atomic E-state index is 0.0797. The van der Waals surface area contributed by atoms with Gasteiger partial charge in [-0.3, -0.25) is 0 Å². The molecule has 0 aliphatic rings. The second-order valence-electron chi connectivity index (χ2n) is 2.95. The Morgan fingerprint density at radius 3 is 2.17 bits per heavy atom. The van der Waals surface area contributed by atoms with Gasteiger partial charge in [0, 0.05) is 5.33 Å². The SMILES string of the molecule is FC(F)(F)Oc1c(C(F)(F)F)cc(I)nc1CBr. The summed E-state index contributed by atoms with van der Waals surface area (Å²) in [6.07, 6.45) is -10.2. The molecule has 0 spiro atoms. The van der Waals surface area contributed by atoms with Crippen LogP contribution in [0.5, 0.6) is 5.75 Å². The Hall–Kier alpha value is -0.260. The van der Waals surface area contributed by atoms with Crippen molar-refractivity contribution in [2.24, 2.45) is 0 Å². The van der Waals surface area contributed by atoms with Crippen LogP contribution >= 0.6 is 38.5 Å². The summed E-state index contributed by atoms with van der Waals surface area (Å²) in [5, 5.41) is -0.293. The van der Waals surface area contributed by atoms with Crippen LogP contribution in [0.1, 0.15) is 11.3 Å². The quantitative estimate of drug-likeness (QED) is 0.287. The van der Waals surface area contributed by atoms with Gasteiger partial charge in [0.2, 0.25) is 0 Å². The van der Waals surface area contributed by atoms with E-state index in [0.717, 1.165) is 0 Å². The fraction of sp³-hybridized carbons (Fsp3) is 0.375. The normalized spacial score (nSPS) is 12.7. The van der Waals surface area contributed by atoms with Crippen LogP contribution < -0.4 is 4.74 Å². The van der Waals surface area contributed by atoms with Crippen molar-refractivity contribution >= 4 is 38.5 Å². The summed E-state index contributed by atoms with van der Waals surface area (Å²) in [5.41, 5.74) is -1.97. The zero-order valence-electron chi connectivity index (χ0n) is 8.16. The number of pyridine rings is 1. The van der Waals surface area contributed by atoms with Crippen LogP contribution in [0.2, 0.25) is 0 Å². The highest BCUT2D eigenvalue weighted by molar-refractivity contribution is 14.1. The van der Waals surface area contributed by atoms with E-state index in [2.05, 4.69) is 25.7 Å². The molecular formula is C8H3BrF6INO. The first kappa shape index (κ1) is 15.8. The molecule has 0 aromatic carbocycles. The van der Waals surface area contributed by atoms with E-state index in [-0.39, 0.29) is 9.03 Å². The summed E-state index contributed by atoms with van der Waals surface area (Å²) >= 11 is 4.25. The van der Waals surface area contributed by atoms with Gasteiger partial charge in [-0.25, -0.2) is 4.98 Å². The molecule has 0 aliphatic carbocycles. The maximum Gasteiger partial charge on any atom is 0.573 e. The van der Waals surface area contributed by atoms with E-state index >= 15 is 0 Å². The first-order valence-corrected chi connectivity index (χ1v) is 6.33. The second kappa shape index (κ2) is 5.39. The third-order valence-electron chi connectivity index (χ3n) is 1.66. The maximum absolute atomic E-state index is 12.6. The molecule has 0 saturated heterocycles. The highest BCUT2D eigenvalue weighted by Gasteiger charge is 2.41. The van der Waals surface area contributed by atoms with E-state index in [1.54, 1.807) is 0 Å². The standard InChI is InChI=1S/C8H3BrF6INO/c9-2-4-6(18-8(13,14)15)3(7(10,11)12)1-5(16)17-4/h1H,2H2. The van der Waals surface area contributed by atoms with Gasteiger partial charge in [0.1, 0.15) is 9.26 Å². The average molecular weight is 450 g/mol. The summed E-state index contributed by atoms with van der Waals surface area (Å²) in [6, 6.07) is 0.494. The van der Waals surface area contributed by atoms with Crippen molar-refractivity contribution in [2.45, 2.75) is 17.9 Å². The number of hydrogen-bond acceptors (Lipinski definition) is 2. The zero-order valence-corrected chi connectivity index (χ0v) is 11.9. The van der Waals surface area contributed by atoms with Gasteiger partial charge in [0.25, 0.3) is 0 Å². The summed E-state index contributed by atoms with van der Waals surface area (Å²) in [5.74, 6) is -1.33. The lowest BCUT2D eigenvalue weighted by Gasteiger charge is -2.17. The van der Waals surface area contributed by atoms with Crippen LogP contribution in [0.15, 0.2) is 6.07 Å². The zero-order chi connectivity index (χ0) is 14.1. The monoisotopic (exact) mass is 449 g/mol. The van der Waals surface area contributed by atoms with Crippen molar-refractivity contribution in [3.63, 3.8) is 0 Å². The Labute approximate surface area is 119 Å². The lowest BCUT2D eigenvalue weighted by molar-refractivity contribution is -0.276. The smallest absolute Gasteiger partial charge is 0.403 e. The molecule has 1 heterocycles. The summed E-state index contributed by atoms with van der Waals surface area (Å²) in [6.45, 7) is 0. The van der Waals surface area contributed by atoms with E-state index in [4.69, 9.17) is 0 Å². The van der Waals surface area contributed by atoms with Gasteiger partial charge >= 0.3 is 12.5 Å². The summed E-state index contributed by atoms with van der Waals surface area (Å²) in [4.78, 5) is 3.56. The number of alkyl halides is 7. The van der Waals surface area contributed by atoms with Gasteiger partial charge in [0.15, 0.2) is 5.75 Å². The molecule has 0 N–H and O–H groups in total.